The van der Waals surface area contributed by atoms with Crippen molar-refractivity contribution in [3.8, 4) is 0 Å². The molecule has 0 radical (unpaired) electrons. The number of carboxylic acids is 1. The number of rotatable bonds is 4. The molecule has 2 unspecified atom stereocenters. The summed E-state index contributed by atoms with van der Waals surface area (Å²) in [6.45, 7) is 3.69. The van der Waals surface area contributed by atoms with Crippen LogP contribution >= 0.6 is 0 Å². The van der Waals surface area contributed by atoms with Crippen LogP contribution in [0.5, 0.6) is 0 Å². The molecule has 18 heavy (non-hydrogen) atoms. The minimum Gasteiger partial charge on any atom is -0.481 e. The molecule has 0 aromatic rings. The summed E-state index contributed by atoms with van der Waals surface area (Å²) in [4.78, 5) is 24.9. The number of amides is 1. The number of carbonyl (C=O) groups is 2. The maximum atomic E-state index is 12.1. The van der Waals surface area contributed by atoms with E-state index in [2.05, 4.69) is 0 Å². The van der Waals surface area contributed by atoms with Crippen LogP contribution in [0.2, 0.25) is 0 Å². The zero-order valence-corrected chi connectivity index (χ0v) is 11.0. The van der Waals surface area contributed by atoms with E-state index in [1.165, 1.54) is 0 Å². The molecule has 2 atom stereocenters. The summed E-state index contributed by atoms with van der Waals surface area (Å²) in [5.74, 6) is -0.841. The predicted molar refractivity (Wildman–Crippen MR) is 65.0 cm³/mol. The minimum absolute atomic E-state index is 0.00684. The Bertz CT molecular complexity index is 347. The first-order valence-electron chi connectivity index (χ1n) is 6.51. The molecule has 1 aliphatic heterocycles. The molecule has 5 heteroatoms. The third-order valence-electron chi connectivity index (χ3n) is 4.40. The molecule has 1 amide bonds. The van der Waals surface area contributed by atoms with E-state index in [9.17, 15) is 9.59 Å². The minimum atomic E-state index is -0.678. The first-order valence-corrected chi connectivity index (χ1v) is 6.51. The zero-order chi connectivity index (χ0) is 13.3. The van der Waals surface area contributed by atoms with E-state index in [-0.39, 0.29) is 23.2 Å². The summed E-state index contributed by atoms with van der Waals surface area (Å²) < 4.78 is 4.99. The summed E-state index contributed by atoms with van der Waals surface area (Å²) in [5, 5.41) is 9.01. The van der Waals surface area contributed by atoms with Crippen LogP contribution in [-0.2, 0) is 14.3 Å². The Labute approximate surface area is 107 Å². The number of methoxy groups -OCH3 is 1. The molecule has 5 nitrogen and oxygen atoms in total. The number of carbonyl (C=O) groups excluding carboxylic acids is 1. The van der Waals surface area contributed by atoms with Gasteiger partial charge in [-0.25, -0.2) is 0 Å². The smallest absolute Gasteiger partial charge is 0.307 e. The van der Waals surface area contributed by atoms with Crippen molar-refractivity contribution in [3.05, 3.63) is 0 Å². The Kier molecular flexibility index (Phi) is 3.61. The van der Waals surface area contributed by atoms with Crippen molar-refractivity contribution in [1.29, 1.82) is 0 Å². The molecule has 102 valence electrons. The number of nitrogens with zero attached hydrogens (tertiary/aromatic N) is 1. The van der Waals surface area contributed by atoms with Gasteiger partial charge in [0.1, 0.15) is 0 Å². The van der Waals surface area contributed by atoms with E-state index in [1.54, 1.807) is 7.11 Å². The van der Waals surface area contributed by atoms with Crippen LogP contribution in [-0.4, -0.2) is 48.7 Å². The van der Waals surface area contributed by atoms with Crippen molar-refractivity contribution in [2.75, 3.05) is 26.8 Å². The fourth-order valence-electron chi connectivity index (χ4n) is 3.05. The van der Waals surface area contributed by atoms with E-state index in [0.29, 0.717) is 19.7 Å². The fourth-order valence-corrected chi connectivity index (χ4v) is 3.05. The van der Waals surface area contributed by atoms with Crippen LogP contribution in [0.3, 0.4) is 0 Å². The average Bonchev–Trinajstić information content (AvgIpc) is 3.04. The van der Waals surface area contributed by atoms with Gasteiger partial charge in [-0.05, 0) is 24.7 Å². The summed E-state index contributed by atoms with van der Waals surface area (Å²) in [6, 6.07) is 0. The molecule has 1 N–H and O–H groups in total. The molecule has 2 rings (SSSR count). The summed E-state index contributed by atoms with van der Waals surface area (Å²) in [7, 11) is 1.59. The van der Waals surface area contributed by atoms with Gasteiger partial charge in [0, 0.05) is 20.2 Å². The van der Waals surface area contributed by atoms with Gasteiger partial charge in [0.15, 0.2) is 0 Å². The van der Waals surface area contributed by atoms with Gasteiger partial charge >= 0.3 is 5.97 Å². The lowest BCUT2D eigenvalue weighted by Crippen LogP contribution is -2.43. The van der Waals surface area contributed by atoms with Crippen molar-refractivity contribution < 1.29 is 19.4 Å². The monoisotopic (exact) mass is 255 g/mol. The lowest BCUT2D eigenvalue weighted by Gasteiger charge is -2.34. The number of ether oxygens (including phenoxy) is 1. The highest BCUT2D eigenvalue weighted by Gasteiger charge is 2.59. The topological polar surface area (TPSA) is 66.8 Å². The van der Waals surface area contributed by atoms with Crippen LogP contribution in [0.15, 0.2) is 0 Å². The molecule has 2 fully saturated rings. The van der Waals surface area contributed by atoms with Crippen molar-refractivity contribution in [2.24, 2.45) is 17.3 Å². The van der Waals surface area contributed by atoms with Gasteiger partial charge in [-0.1, -0.05) is 6.92 Å². The Morgan fingerprint density at radius 2 is 2.06 bits per heavy atom. The second-order valence-corrected chi connectivity index (χ2v) is 5.64. The highest BCUT2D eigenvalue weighted by atomic mass is 16.5. The van der Waals surface area contributed by atoms with Gasteiger partial charge in [0.2, 0.25) is 5.91 Å². The molecule has 1 saturated carbocycles. The highest BCUT2D eigenvalue weighted by Crippen LogP contribution is 2.59. The van der Waals surface area contributed by atoms with E-state index in [1.807, 2.05) is 11.8 Å². The van der Waals surface area contributed by atoms with E-state index in [4.69, 9.17) is 9.84 Å². The molecule has 0 aromatic heterocycles. The zero-order valence-electron chi connectivity index (χ0n) is 11.0. The molecule has 0 aromatic carbocycles. The molecule has 1 aliphatic carbocycles. The Balaban J connectivity index is 1.84. The van der Waals surface area contributed by atoms with Gasteiger partial charge < -0.3 is 14.7 Å². The molecule has 1 saturated heterocycles. The van der Waals surface area contributed by atoms with Crippen LogP contribution in [0.25, 0.3) is 0 Å². The summed E-state index contributed by atoms with van der Waals surface area (Å²) in [6.07, 6.45) is 2.45. The average molecular weight is 255 g/mol. The normalized spacial score (nSPS) is 27.0. The number of aliphatic carboxylic acids is 1. The van der Waals surface area contributed by atoms with E-state index < -0.39 is 5.97 Å². The van der Waals surface area contributed by atoms with Gasteiger partial charge in [-0.15, -0.1) is 0 Å². The SMILES string of the molecule is COCC(C)C(=O)N1CCC2(CC1)CC2C(=O)O. The first kappa shape index (κ1) is 13.3. The van der Waals surface area contributed by atoms with Crippen LogP contribution in [0, 0.1) is 17.3 Å². The summed E-state index contributed by atoms with van der Waals surface area (Å²) in [5.41, 5.74) is -0.00684. The Hall–Kier alpha value is -1.10. The summed E-state index contributed by atoms with van der Waals surface area (Å²) >= 11 is 0. The molecular formula is C13H21NO4. The lowest BCUT2D eigenvalue weighted by atomic mass is 9.90. The molecular weight excluding hydrogens is 234 g/mol. The van der Waals surface area contributed by atoms with E-state index in [0.717, 1.165) is 19.3 Å². The van der Waals surface area contributed by atoms with Gasteiger partial charge in [0.05, 0.1) is 18.4 Å². The van der Waals surface area contributed by atoms with Crippen molar-refractivity contribution >= 4 is 11.9 Å². The third-order valence-corrected chi connectivity index (χ3v) is 4.40. The third kappa shape index (κ3) is 2.36. The van der Waals surface area contributed by atoms with Crippen LogP contribution in [0.1, 0.15) is 26.2 Å². The van der Waals surface area contributed by atoms with Gasteiger partial charge in [-0.2, -0.15) is 0 Å². The van der Waals surface area contributed by atoms with Gasteiger partial charge in [-0.3, -0.25) is 9.59 Å². The molecule has 2 aliphatic rings. The van der Waals surface area contributed by atoms with Crippen LogP contribution in [0.4, 0.5) is 0 Å². The Morgan fingerprint density at radius 3 is 2.50 bits per heavy atom. The van der Waals surface area contributed by atoms with Crippen molar-refractivity contribution in [3.63, 3.8) is 0 Å². The quantitative estimate of drug-likeness (QED) is 0.813. The van der Waals surface area contributed by atoms with E-state index >= 15 is 0 Å². The maximum Gasteiger partial charge on any atom is 0.307 e. The molecule has 1 spiro atoms. The number of piperidine rings is 1. The van der Waals surface area contributed by atoms with Crippen molar-refractivity contribution in [2.45, 2.75) is 26.2 Å². The first-order chi connectivity index (χ1) is 8.50. The highest BCUT2D eigenvalue weighted by molar-refractivity contribution is 5.79. The number of hydrogen-bond acceptors (Lipinski definition) is 3. The predicted octanol–water partition coefficient (Wildman–Crippen LogP) is 0.982. The lowest BCUT2D eigenvalue weighted by molar-refractivity contribution is -0.140. The van der Waals surface area contributed by atoms with Gasteiger partial charge in [0.25, 0.3) is 0 Å². The molecule has 0 bridgehead atoms. The van der Waals surface area contributed by atoms with Crippen LogP contribution < -0.4 is 0 Å². The second-order valence-electron chi connectivity index (χ2n) is 5.64. The Morgan fingerprint density at radius 1 is 1.44 bits per heavy atom. The fraction of sp³-hybridized carbons (Fsp3) is 0.846. The van der Waals surface area contributed by atoms with Crippen molar-refractivity contribution in [1.82, 2.24) is 4.90 Å². The molecule has 1 heterocycles. The standard InChI is InChI=1S/C13H21NO4/c1-9(8-18-2)11(15)14-5-3-13(4-6-14)7-10(13)12(16)17/h9-10H,3-8H2,1-2H3,(H,16,17). The largest absolute Gasteiger partial charge is 0.481 e. The second kappa shape index (κ2) is 4.88. The number of hydrogen-bond donors (Lipinski definition) is 1. The number of likely N-dealkylation sites (tertiary alicyclic amines) is 1. The number of carboxylic acid groups (broad SMARTS) is 1. The maximum absolute atomic E-state index is 12.1.